The van der Waals surface area contributed by atoms with Crippen molar-refractivity contribution in [2.45, 2.75) is 13.8 Å². The monoisotopic (exact) mass is 481 g/mol. The Labute approximate surface area is 199 Å². The van der Waals surface area contributed by atoms with Crippen molar-refractivity contribution >= 4 is 17.4 Å². The van der Waals surface area contributed by atoms with Crippen molar-refractivity contribution in [1.82, 2.24) is 14.8 Å². The van der Waals surface area contributed by atoms with Crippen molar-refractivity contribution in [2.24, 2.45) is 5.92 Å². The first kappa shape index (κ1) is 23.8. The molecule has 35 heavy (non-hydrogen) atoms. The molecule has 4 aromatic rings. The molecule has 2 N–H and O–H groups in total. The maximum atomic E-state index is 14.5. The summed E-state index contributed by atoms with van der Waals surface area (Å²) in [4.78, 5) is 16.6. The summed E-state index contributed by atoms with van der Waals surface area (Å²) in [5.74, 6) is -1.59. The lowest BCUT2D eigenvalue weighted by atomic mass is 10.2. The Kier molecular flexibility index (Phi) is 7.00. The summed E-state index contributed by atoms with van der Waals surface area (Å²) >= 11 is 0. The molecule has 0 atom stereocenters. The summed E-state index contributed by atoms with van der Waals surface area (Å²) in [6.07, 6.45) is 0. The van der Waals surface area contributed by atoms with Crippen LogP contribution in [0.25, 0.3) is 17.1 Å². The normalized spacial score (nSPS) is 10.9. The number of anilines is 2. The minimum absolute atomic E-state index is 0.111. The van der Waals surface area contributed by atoms with Crippen LogP contribution in [0.3, 0.4) is 0 Å². The number of rotatable bonds is 7. The van der Waals surface area contributed by atoms with E-state index in [-0.39, 0.29) is 29.0 Å². The lowest BCUT2D eigenvalue weighted by Crippen LogP contribution is -2.20. The lowest BCUT2D eigenvalue weighted by molar-refractivity contribution is 0.251. The van der Waals surface area contributed by atoms with E-state index in [2.05, 4.69) is 20.7 Å². The van der Waals surface area contributed by atoms with E-state index in [4.69, 9.17) is 4.74 Å². The molecule has 0 spiro atoms. The van der Waals surface area contributed by atoms with Crippen molar-refractivity contribution in [2.75, 3.05) is 17.2 Å². The van der Waals surface area contributed by atoms with Crippen LogP contribution >= 0.6 is 0 Å². The highest BCUT2D eigenvalue weighted by Crippen LogP contribution is 2.26. The number of benzene rings is 3. The van der Waals surface area contributed by atoms with E-state index in [9.17, 15) is 18.0 Å². The van der Waals surface area contributed by atoms with Gasteiger partial charge in [0.1, 0.15) is 17.5 Å². The van der Waals surface area contributed by atoms with Crippen LogP contribution in [0.4, 0.5) is 29.3 Å². The van der Waals surface area contributed by atoms with Gasteiger partial charge >= 0.3 is 12.0 Å². The average molecular weight is 481 g/mol. The molecule has 0 aliphatic heterocycles. The van der Waals surface area contributed by atoms with E-state index < -0.39 is 23.5 Å². The molecule has 0 bridgehead atoms. The predicted octanol–water partition coefficient (Wildman–Crippen LogP) is 6.03. The van der Waals surface area contributed by atoms with Crippen LogP contribution in [0.15, 0.2) is 66.7 Å². The van der Waals surface area contributed by atoms with E-state index in [1.807, 2.05) is 13.8 Å². The van der Waals surface area contributed by atoms with Crippen LogP contribution in [0.1, 0.15) is 13.8 Å². The minimum atomic E-state index is -0.891. The smallest absolute Gasteiger partial charge is 0.336 e. The zero-order valence-electron chi connectivity index (χ0n) is 18.9. The SMILES string of the molecule is CC(C)COc1nc(-c2ccccc2F)n(-c2ccc(NC(=O)Nc3ccc(F)cc3F)cc2)n1. The van der Waals surface area contributed by atoms with Gasteiger partial charge in [0, 0.05) is 11.8 Å². The minimum Gasteiger partial charge on any atom is -0.462 e. The van der Waals surface area contributed by atoms with E-state index in [1.54, 1.807) is 42.5 Å². The third kappa shape index (κ3) is 5.78. The molecule has 180 valence electrons. The number of halogens is 3. The number of aromatic nitrogens is 3. The third-order valence-corrected chi connectivity index (χ3v) is 4.80. The first-order valence-corrected chi connectivity index (χ1v) is 10.8. The van der Waals surface area contributed by atoms with E-state index in [1.165, 1.54) is 10.7 Å². The molecule has 3 aromatic carbocycles. The van der Waals surface area contributed by atoms with Gasteiger partial charge in [0.25, 0.3) is 0 Å². The second kappa shape index (κ2) is 10.3. The first-order valence-electron chi connectivity index (χ1n) is 10.8. The molecule has 0 fully saturated rings. The quantitative estimate of drug-likeness (QED) is 0.338. The molecular weight excluding hydrogens is 459 g/mol. The topological polar surface area (TPSA) is 81.1 Å². The number of hydrogen-bond acceptors (Lipinski definition) is 4. The molecule has 0 aliphatic carbocycles. The fraction of sp³-hybridized carbons (Fsp3) is 0.160. The molecular formula is C25H22F3N5O2. The number of carbonyl (C=O) groups excluding carboxylic acids is 1. The molecule has 10 heteroatoms. The second-order valence-corrected chi connectivity index (χ2v) is 8.06. The Balaban J connectivity index is 1.56. The zero-order valence-corrected chi connectivity index (χ0v) is 18.9. The summed E-state index contributed by atoms with van der Waals surface area (Å²) in [7, 11) is 0. The molecule has 0 saturated carbocycles. The van der Waals surface area contributed by atoms with Crippen molar-refractivity contribution in [1.29, 1.82) is 0 Å². The number of nitrogens with zero attached hydrogens (tertiary/aromatic N) is 3. The summed E-state index contributed by atoms with van der Waals surface area (Å²) in [5.41, 5.74) is 1.04. The average Bonchev–Trinajstić information content (AvgIpc) is 3.24. The Bertz CT molecular complexity index is 1340. The highest BCUT2D eigenvalue weighted by atomic mass is 19.1. The predicted molar refractivity (Wildman–Crippen MR) is 126 cm³/mol. The summed E-state index contributed by atoms with van der Waals surface area (Å²) in [6.45, 7) is 4.37. The van der Waals surface area contributed by atoms with Gasteiger partial charge in [-0.3, -0.25) is 0 Å². The van der Waals surface area contributed by atoms with E-state index in [0.29, 0.717) is 24.0 Å². The van der Waals surface area contributed by atoms with Gasteiger partial charge in [-0.1, -0.05) is 26.0 Å². The number of carbonyl (C=O) groups is 1. The Morgan fingerprint density at radius 3 is 2.40 bits per heavy atom. The Hall–Kier alpha value is -4.34. The fourth-order valence-corrected chi connectivity index (χ4v) is 3.15. The van der Waals surface area contributed by atoms with Crippen LogP contribution in [0.2, 0.25) is 0 Å². The maximum Gasteiger partial charge on any atom is 0.336 e. The highest BCUT2D eigenvalue weighted by molar-refractivity contribution is 5.99. The molecule has 0 unspecified atom stereocenters. The largest absolute Gasteiger partial charge is 0.462 e. The Morgan fingerprint density at radius 2 is 1.71 bits per heavy atom. The molecule has 2 amide bonds. The van der Waals surface area contributed by atoms with Gasteiger partial charge in [-0.05, 0) is 54.4 Å². The van der Waals surface area contributed by atoms with Gasteiger partial charge in [0.05, 0.1) is 23.5 Å². The molecule has 0 saturated heterocycles. The van der Waals surface area contributed by atoms with Gasteiger partial charge in [0.15, 0.2) is 5.82 Å². The van der Waals surface area contributed by atoms with Crippen molar-refractivity contribution in [3.8, 4) is 23.1 Å². The molecule has 7 nitrogen and oxygen atoms in total. The number of amides is 2. The van der Waals surface area contributed by atoms with Crippen LogP contribution in [0.5, 0.6) is 6.01 Å². The van der Waals surface area contributed by atoms with Gasteiger partial charge in [-0.15, -0.1) is 5.10 Å². The molecule has 0 radical (unpaired) electrons. The molecule has 1 aromatic heterocycles. The van der Waals surface area contributed by atoms with Crippen LogP contribution < -0.4 is 15.4 Å². The molecule has 1 heterocycles. The van der Waals surface area contributed by atoms with Gasteiger partial charge < -0.3 is 15.4 Å². The van der Waals surface area contributed by atoms with Gasteiger partial charge in [-0.2, -0.15) is 4.98 Å². The van der Waals surface area contributed by atoms with E-state index >= 15 is 0 Å². The summed E-state index contributed by atoms with van der Waals surface area (Å²) in [6, 6.07) is 14.9. The number of ether oxygens (including phenoxy) is 1. The molecule has 4 rings (SSSR count). The maximum absolute atomic E-state index is 14.5. The van der Waals surface area contributed by atoms with Crippen molar-refractivity contribution in [3.05, 3.63) is 84.2 Å². The van der Waals surface area contributed by atoms with Crippen molar-refractivity contribution < 1.29 is 22.7 Å². The van der Waals surface area contributed by atoms with E-state index in [0.717, 1.165) is 12.1 Å². The Morgan fingerprint density at radius 1 is 0.971 bits per heavy atom. The van der Waals surface area contributed by atoms with Crippen LogP contribution in [-0.2, 0) is 0 Å². The highest BCUT2D eigenvalue weighted by Gasteiger charge is 2.18. The number of hydrogen-bond donors (Lipinski definition) is 2. The zero-order chi connectivity index (χ0) is 24.9. The fourth-order valence-electron chi connectivity index (χ4n) is 3.15. The number of urea groups is 1. The van der Waals surface area contributed by atoms with Crippen LogP contribution in [-0.4, -0.2) is 27.4 Å². The third-order valence-electron chi connectivity index (χ3n) is 4.80. The standard InChI is InChI=1S/C25H22F3N5O2/c1-15(2)14-35-25-31-23(19-5-3-4-6-20(19)27)33(32-25)18-10-8-17(9-11-18)29-24(34)30-22-12-7-16(26)13-21(22)28/h3-13,15H,14H2,1-2H3,(H2,29,30,34). The summed E-state index contributed by atoms with van der Waals surface area (Å²) < 4.78 is 48.4. The van der Waals surface area contributed by atoms with Gasteiger partial charge in [-0.25, -0.2) is 22.6 Å². The van der Waals surface area contributed by atoms with Gasteiger partial charge in [0.2, 0.25) is 0 Å². The van der Waals surface area contributed by atoms with Crippen LogP contribution in [0, 0.1) is 23.4 Å². The van der Waals surface area contributed by atoms with Crippen molar-refractivity contribution in [3.63, 3.8) is 0 Å². The second-order valence-electron chi connectivity index (χ2n) is 8.06. The summed E-state index contributed by atoms with van der Waals surface area (Å²) in [5, 5.41) is 9.26. The number of nitrogens with one attached hydrogen (secondary N) is 2. The first-order chi connectivity index (χ1) is 16.8. The molecule has 0 aliphatic rings. The lowest BCUT2D eigenvalue weighted by Gasteiger charge is -2.10.